The van der Waals surface area contributed by atoms with Gasteiger partial charge in [-0.2, -0.15) is 9.97 Å². The molecule has 8 nitrogen and oxygen atoms in total. The number of fused-ring (bicyclic) bond motifs is 1. The van der Waals surface area contributed by atoms with Crippen LogP contribution in [0.25, 0.3) is 11.2 Å². The van der Waals surface area contributed by atoms with Crippen molar-refractivity contribution in [3.05, 3.63) is 11.9 Å². The number of hydrogen-bond acceptors (Lipinski definition) is 8. The number of ketones is 1. The Morgan fingerprint density at radius 3 is 2.69 bits per heavy atom. The molecule has 0 aliphatic rings. The van der Waals surface area contributed by atoms with Crippen LogP contribution in [0.4, 0.5) is 11.8 Å². The Labute approximate surface area is 88.7 Å². The number of rotatable bonds is 2. The summed E-state index contributed by atoms with van der Waals surface area (Å²) in [5, 5.41) is 0. The molecule has 2 rings (SSSR count). The first-order valence-electron chi connectivity index (χ1n) is 4.17. The zero-order valence-electron chi connectivity index (χ0n) is 7.91. The molecule has 0 fully saturated rings. The maximum Gasteiger partial charge on any atom is 0.245 e. The van der Waals surface area contributed by atoms with Crippen LogP contribution in [0.5, 0.6) is 0 Å². The van der Waals surface area contributed by atoms with Crippen molar-refractivity contribution in [2.24, 2.45) is 0 Å². The number of aromatic nitrogens is 4. The molecule has 0 aliphatic heterocycles. The lowest BCUT2D eigenvalue weighted by Gasteiger charge is -2.01. The predicted octanol–water partition coefficient (Wildman–Crippen LogP) is -1.03. The van der Waals surface area contributed by atoms with E-state index in [0.717, 1.165) is 6.20 Å². The third kappa shape index (κ3) is 1.52. The van der Waals surface area contributed by atoms with Gasteiger partial charge in [0.2, 0.25) is 11.7 Å². The van der Waals surface area contributed by atoms with Gasteiger partial charge in [-0.3, -0.25) is 9.59 Å². The Hall–Kier alpha value is -2.64. The van der Waals surface area contributed by atoms with E-state index >= 15 is 0 Å². The number of anilines is 2. The van der Waals surface area contributed by atoms with Crippen LogP contribution in [0.2, 0.25) is 0 Å². The Balaban J connectivity index is 2.71. The Kier molecular flexibility index (Phi) is 2.16. The molecule has 0 saturated carbocycles. The Morgan fingerprint density at radius 2 is 2.00 bits per heavy atom. The zero-order valence-corrected chi connectivity index (χ0v) is 7.91. The molecule has 0 saturated heterocycles. The molecule has 0 amide bonds. The van der Waals surface area contributed by atoms with Crippen molar-refractivity contribution in [2.45, 2.75) is 0 Å². The molecule has 2 aromatic heterocycles. The smallest absolute Gasteiger partial charge is 0.245 e. The van der Waals surface area contributed by atoms with Gasteiger partial charge < -0.3 is 11.5 Å². The van der Waals surface area contributed by atoms with Crippen LogP contribution >= 0.6 is 0 Å². The van der Waals surface area contributed by atoms with Gasteiger partial charge >= 0.3 is 0 Å². The monoisotopic (exact) mass is 218 g/mol. The number of nitrogens with two attached hydrogens (primary N) is 2. The number of nitrogens with zero attached hydrogens (tertiary/aromatic N) is 4. The second-order valence-corrected chi connectivity index (χ2v) is 2.88. The van der Waals surface area contributed by atoms with E-state index in [2.05, 4.69) is 19.9 Å². The normalized spacial score (nSPS) is 10.2. The highest BCUT2D eigenvalue weighted by atomic mass is 16.2. The second kappa shape index (κ2) is 3.50. The van der Waals surface area contributed by atoms with Gasteiger partial charge in [-0.15, -0.1) is 0 Å². The molecule has 0 aliphatic carbocycles. The van der Waals surface area contributed by atoms with Gasteiger partial charge in [0.1, 0.15) is 5.69 Å². The summed E-state index contributed by atoms with van der Waals surface area (Å²) >= 11 is 0. The van der Waals surface area contributed by atoms with Gasteiger partial charge in [0.05, 0.1) is 6.20 Å². The lowest BCUT2D eigenvalue weighted by molar-refractivity contribution is -0.104. The fraction of sp³-hybridized carbons (Fsp3) is 0. The Bertz CT molecular complexity index is 596. The van der Waals surface area contributed by atoms with Gasteiger partial charge in [-0.05, 0) is 0 Å². The maximum absolute atomic E-state index is 11.1. The van der Waals surface area contributed by atoms with E-state index in [0.29, 0.717) is 0 Å². The summed E-state index contributed by atoms with van der Waals surface area (Å²) in [5.41, 5.74) is 11.1. The molecule has 2 heterocycles. The van der Waals surface area contributed by atoms with Crippen LogP contribution in [-0.4, -0.2) is 32.0 Å². The minimum atomic E-state index is -0.786. The third-order valence-corrected chi connectivity index (χ3v) is 1.81. The molecule has 0 spiro atoms. The minimum Gasteiger partial charge on any atom is -0.382 e. The van der Waals surface area contributed by atoms with Crippen molar-refractivity contribution in [1.82, 2.24) is 19.9 Å². The first-order chi connectivity index (χ1) is 7.61. The van der Waals surface area contributed by atoms with Crippen LogP contribution < -0.4 is 11.5 Å². The standard InChI is InChI=1S/C8H6N6O2/c9-6-5-7(14-8(10)13-6)11-1-3(12-5)4(16)2-15/h1-2H,(H4,9,10,11,13,14). The average molecular weight is 218 g/mol. The first kappa shape index (κ1) is 9.90. The number of carbonyl (C=O) groups excluding carboxylic acids is 2. The molecule has 2 aromatic rings. The Morgan fingerprint density at radius 1 is 1.25 bits per heavy atom. The largest absolute Gasteiger partial charge is 0.382 e. The second-order valence-electron chi connectivity index (χ2n) is 2.88. The summed E-state index contributed by atoms with van der Waals surface area (Å²) in [4.78, 5) is 36.4. The van der Waals surface area contributed by atoms with E-state index in [4.69, 9.17) is 11.5 Å². The van der Waals surface area contributed by atoms with E-state index in [-0.39, 0.29) is 34.9 Å². The first-order valence-corrected chi connectivity index (χ1v) is 4.17. The SMILES string of the molecule is Nc1nc(N)c2nc(C(=O)C=O)cnc2n1. The van der Waals surface area contributed by atoms with Gasteiger partial charge in [-0.25, -0.2) is 9.97 Å². The van der Waals surface area contributed by atoms with Crippen molar-refractivity contribution >= 4 is 35.0 Å². The van der Waals surface area contributed by atoms with Crippen molar-refractivity contribution in [2.75, 3.05) is 11.5 Å². The quantitative estimate of drug-likeness (QED) is 0.370. The average Bonchev–Trinajstić information content (AvgIpc) is 2.27. The van der Waals surface area contributed by atoms with Crippen molar-refractivity contribution in [3.8, 4) is 0 Å². The molecule has 0 unspecified atom stereocenters. The molecule has 0 aromatic carbocycles. The fourth-order valence-corrected chi connectivity index (χ4v) is 1.13. The number of carbonyl (C=O) groups is 2. The van der Waals surface area contributed by atoms with Gasteiger partial charge in [-0.1, -0.05) is 0 Å². The topological polar surface area (TPSA) is 138 Å². The summed E-state index contributed by atoms with van der Waals surface area (Å²) in [6.07, 6.45) is 1.27. The predicted molar refractivity (Wildman–Crippen MR) is 54.3 cm³/mol. The van der Waals surface area contributed by atoms with Crippen LogP contribution in [0, 0.1) is 0 Å². The number of aldehydes is 1. The highest BCUT2D eigenvalue weighted by molar-refractivity contribution is 6.32. The van der Waals surface area contributed by atoms with E-state index < -0.39 is 5.78 Å². The lowest BCUT2D eigenvalue weighted by atomic mass is 10.3. The summed E-state index contributed by atoms with van der Waals surface area (Å²) in [6, 6.07) is 0. The zero-order chi connectivity index (χ0) is 11.7. The molecule has 0 bridgehead atoms. The molecule has 80 valence electrons. The molecule has 0 atom stereocenters. The molecule has 8 heteroatoms. The number of nitrogen functional groups attached to an aromatic ring is 2. The lowest BCUT2D eigenvalue weighted by Crippen LogP contribution is -2.08. The molecule has 4 N–H and O–H groups in total. The fourth-order valence-electron chi connectivity index (χ4n) is 1.13. The highest BCUT2D eigenvalue weighted by Crippen LogP contribution is 2.14. The van der Waals surface area contributed by atoms with E-state index in [1.807, 2.05) is 0 Å². The van der Waals surface area contributed by atoms with Gasteiger partial charge in [0.15, 0.2) is 23.3 Å². The van der Waals surface area contributed by atoms with E-state index in [1.54, 1.807) is 0 Å². The summed E-state index contributed by atoms with van der Waals surface area (Å²) in [7, 11) is 0. The van der Waals surface area contributed by atoms with Crippen LogP contribution in [0.15, 0.2) is 6.20 Å². The number of hydrogen-bond donors (Lipinski definition) is 2. The molecular weight excluding hydrogens is 212 g/mol. The molecule has 16 heavy (non-hydrogen) atoms. The van der Waals surface area contributed by atoms with Gasteiger partial charge in [0, 0.05) is 0 Å². The van der Waals surface area contributed by atoms with E-state index in [1.165, 1.54) is 0 Å². The minimum absolute atomic E-state index is 0.00977. The molecule has 0 radical (unpaired) electrons. The van der Waals surface area contributed by atoms with Crippen molar-refractivity contribution < 1.29 is 9.59 Å². The number of Topliss-reactive ketones (excluding diaryl/α,β-unsaturated/α-hetero) is 1. The van der Waals surface area contributed by atoms with Crippen molar-refractivity contribution in [3.63, 3.8) is 0 Å². The van der Waals surface area contributed by atoms with Gasteiger partial charge in [0.25, 0.3) is 0 Å². The maximum atomic E-state index is 11.1. The van der Waals surface area contributed by atoms with E-state index in [9.17, 15) is 9.59 Å². The van der Waals surface area contributed by atoms with Crippen LogP contribution in [0.3, 0.4) is 0 Å². The highest BCUT2D eigenvalue weighted by Gasteiger charge is 2.11. The summed E-state index contributed by atoms with van der Waals surface area (Å²) in [5.74, 6) is -0.810. The van der Waals surface area contributed by atoms with Crippen molar-refractivity contribution in [1.29, 1.82) is 0 Å². The third-order valence-electron chi connectivity index (χ3n) is 1.81. The molecular formula is C8H6N6O2. The van der Waals surface area contributed by atoms with Crippen LogP contribution in [0.1, 0.15) is 10.5 Å². The summed E-state index contributed by atoms with van der Waals surface area (Å²) in [6.45, 7) is 0. The van der Waals surface area contributed by atoms with Crippen LogP contribution in [-0.2, 0) is 4.79 Å². The summed E-state index contributed by atoms with van der Waals surface area (Å²) < 4.78 is 0.